The molecule has 1 fully saturated rings. The lowest BCUT2D eigenvalue weighted by Gasteiger charge is -2.13. The quantitative estimate of drug-likeness (QED) is 0.496. The largest absolute Gasteiger partial charge is 0.465 e. The lowest BCUT2D eigenvalue weighted by atomic mass is 10.0. The first-order valence-electron chi connectivity index (χ1n) is 6.56. The third kappa shape index (κ3) is 4.52. The summed E-state index contributed by atoms with van der Waals surface area (Å²) >= 11 is 0. The van der Waals surface area contributed by atoms with E-state index >= 15 is 0 Å². The number of hydrogen-bond acceptors (Lipinski definition) is 3. The molecular formula is C13H24O3. The van der Waals surface area contributed by atoms with E-state index in [0.717, 1.165) is 32.3 Å². The summed E-state index contributed by atoms with van der Waals surface area (Å²) in [6, 6.07) is 0. The Kier molecular flexibility index (Phi) is 6.46. The highest BCUT2D eigenvalue weighted by Crippen LogP contribution is 2.17. The van der Waals surface area contributed by atoms with Crippen molar-refractivity contribution in [2.45, 2.75) is 58.5 Å². The van der Waals surface area contributed by atoms with Crippen LogP contribution in [-0.2, 0) is 14.3 Å². The van der Waals surface area contributed by atoms with Crippen molar-refractivity contribution < 1.29 is 14.3 Å². The molecule has 0 saturated carbocycles. The van der Waals surface area contributed by atoms with E-state index in [1.54, 1.807) is 0 Å². The Hall–Kier alpha value is -0.570. The normalized spacial score (nSPS) is 20.3. The second-order valence-electron chi connectivity index (χ2n) is 4.46. The molecule has 94 valence electrons. The van der Waals surface area contributed by atoms with E-state index < -0.39 is 0 Å². The molecule has 1 atom stereocenters. The van der Waals surface area contributed by atoms with Gasteiger partial charge >= 0.3 is 5.97 Å². The van der Waals surface area contributed by atoms with Crippen LogP contribution in [0, 0.1) is 5.92 Å². The number of carbonyl (C=O) groups excluding carboxylic acids is 1. The summed E-state index contributed by atoms with van der Waals surface area (Å²) in [5, 5.41) is 0. The van der Waals surface area contributed by atoms with Gasteiger partial charge in [-0.2, -0.15) is 0 Å². The average Bonchev–Trinajstić information content (AvgIpc) is 2.79. The number of esters is 1. The summed E-state index contributed by atoms with van der Waals surface area (Å²) in [6.45, 7) is 5.51. The van der Waals surface area contributed by atoms with Crippen molar-refractivity contribution in [2.24, 2.45) is 5.92 Å². The second kappa shape index (κ2) is 7.66. The topological polar surface area (TPSA) is 35.5 Å². The summed E-state index contributed by atoms with van der Waals surface area (Å²) in [5.74, 6) is 0.0556. The van der Waals surface area contributed by atoms with Crippen LogP contribution in [0.5, 0.6) is 0 Å². The van der Waals surface area contributed by atoms with Crippen LogP contribution in [0.2, 0.25) is 0 Å². The van der Waals surface area contributed by atoms with Crippen molar-refractivity contribution in [3.05, 3.63) is 0 Å². The number of rotatable bonds is 7. The summed E-state index contributed by atoms with van der Waals surface area (Å²) in [5.41, 5.74) is 0. The van der Waals surface area contributed by atoms with Crippen molar-refractivity contribution in [1.29, 1.82) is 0 Å². The fourth-order valence-corrected chi connectivity index (χ4v) is 2.10. The molecular weight excluding hydrogens is 204 g/mol. The molecule has 0 aromatic carbocycles. The fourth-order valence-electron chi connectivity index (χ4n) is 2.10. The van der Waals surface area contributed by atoms with Crippen molar-refractivity contribution in [3.63, 3.8) is 0 Å². The molecule has 0 N–H and O–H groups in total. The molecule has 3 heteroatoms. The van der Waals surface area contributed by atoms with Crippen LogP contribution in [0.4, 0.5) is 0 Å². The van der Waals surface area contributed by atoms with E-state index in [1.165, 1.54) is 12.8 Å². The van der Waals surface area contributed by atoms with E-state index in [1.807, 2.05) is 13.8 Å². The number of hydrogen-bond donors (Lipinski definition) is 0. The van der Waals surface area contributed by atoms with Crippen LogP contribution in [0.3, 0.4) is 0 Å². The summed E-state index contributed by atoms with van der Waals surface area (Å²) in [4.78, 5) is 11.5. The minimum atomic E-state index is -0.0302. The highest BCUT2D eigenvalue weighted by atomic mass is 16.5. The SMILES string of the molecule is CCC(CC)C(=O)OCCC[C@H]1CCCO1. The Morgan fingerprint density at radius 2 is 2.19 bits per heavy atom. The standard InChI is InChI=1S/C13H24O3/c1-3-11(4-2)13(14)16-10-6-8-12-7-5-9-15-12/h11-12H,3-10H2,1-2H3/t12-/m1/s1. The molecule has 1 aliphatic heterocycles. The molecule has 16 heavy (non-hydrogen) atoms. The van der Waals surface area contributed by atoms with Gasteiger partial charge in [0.25, 0.3) is 0 Å². The molecule has 0 spiro atoms. The van der Waals surface area contributed by atoms with E-state index in [2.05, 4.69) is 0 Å². The zero-order valence-electron chi connectivity index (χ0n) is 10.5. The molecule has 1 heterocycles. The van der Waals surface area contributed by atoms with Gasteiger partial charge in [-0.05, 0) is 38.5 Å². The van der Waals surface area contributed by atoms with Gasteiger partial charge in [-0.25, -0.2) is 0 Å². The number of carbonyl (C=O) groups is 1. The Morgan fingerprint density at radius 3 is 2.75 bits per heavy atom. The first-order chi connectivity index (χ1) is 7.77. The molecule has 0 bridgehead atoms. The Bertz CT molecular complexity index is 193. The van der Waals surface area contributed by atoms with Crippen LogP contribution in [0.25, 0.3) is 0 Å². The predicted octanol–water partition coefficient (Wildman–Crippen LogP) is 2.93. The molecule has 0 aromatic rings. The van der Waals surface area contributed by atoms with Crippen LogP contribution >= 0.6 is 0 Å². The Balaban J connectivity index is 2.03. The first-order valence-corrected chi connectivity index (χ1v) is 6.56. The maximum atomic E-state index is 11.5. The zero-order valence-corrected chi connectivity index (χ0v) is 10.5. The molecule has 0 aromatic heterocycles. The van der Waals surface area contributed by atoms with Crippen LogP contribution in [0.15, 0.2) is 0 Å². The van der Waals surface area contributed by atoms with E-state index in [4.69, 9.17) is 9.47 Å². The van der Waals surface area contributed by atoms with Gasteiger partial charge < -0.3 is 9.47 Å². The summed E-state index contributed by atoms with van der Waals surface area (Å²) < 4.78 is 10.8. The van der Waals surface area contributed by atoms with Crippen LogP contribution in [-0.4, -0.2) is 25.3 Å². The van der Waals surface area contributed by atoms with Gasteiger partial charge in [0.05, 0.1) is 18.6 Å². The van der Waals surface area contributed by atoms with Gasteiger partial charge in [-0.3, -0.25) is 4.79 Å². The van der Waals surface area contributed by atoms with Gasteiger partial charge in [-0.15, -0.1) is 0 Å². The molecule has 3 nitrogen and oxygen atoms in total. The van der Waals surface area contributed by atoms with Crippen molar-refractivity contribution in [1.82, 2.24) is 0 Å². The van der Waals surface area contributed by atoms with E-state index in [0.29, 0.717) is 12.7 Å². The molecule has 0 aliphatic carbocycles. The molecule has 0 radical (unpaired) electrons. The maximum absolute atomic E-state index is 11.5. The Morgan fingerprint density at radius 1 is 1.44 bits per heavy atom. The minimum absolute atomic E-state index is 0.0302. The monoisotopic (exact) mass is 228 g/mol. The predicted molar refractivity (Wildman–Crippen MR) is 63.2 cm³/mol. The smallest absolute Gasteiger partial charge is 0.308 e. The van der Waals surface area contributed by atoms with Crippen LogP contribution in [0.1, 0.15) is 52.4 Å². The second-order valence-corrected chi connectivity index (χ2v) is 4.46. The fraction of sp³-hybridized carbons (Fsp3) is 0.923. The Labute approximate surface area is 98.5 Å². The number of ether oxygens (including phenoxy) is 2. The van der Waals surface area contributed by atoms with Crippen LogP contribution < -0.4 is 0 Å². The average molecular weight is 228 g/mol. The van der Waals surface area contributed by atoms with Gasteiger partial charge in [0.2, 0.25) is 0 Å². The lowest BCUT2D eigenvalue weighted by Crippen LogP contribution is -2.17. The van der Waals surface area contributed by atoms with E-state index in [-0.39, 0.29) is 11.9 Å². The van der Waals surface area contributed by atoms with Gasteiger partial charge in [0.15, 0.2) is 0 Å². The third-order valence-corrected chi connectivity index (χ3v) is 3.26. The molecule has 1 aliphatic rings. The highest BCUT2D eigenvalue weighted by molar-refractivity contribution is 5.72. The molecule has 0 amide bonds. The molecule has 1 rings (SSSR count). The summed E-state index contributed by atoms with van der Waals surface area (Å²) in [7, 11) is 0. The van der Waals surface area contributed by atoms with Gasteiger partial charge in [0.1, 0.15) is 0 Å². The highest BCUT2D eigenvalue weighted by Gasteiger charge is 2.17. The van der Waals surface area contributed by atoms with E-state index in [9.17, 15) is 4.79 Å². The van der Waals surface area contributed by atoms with Gasteiger partial charge in [-0.1, -0.05) is 13.8 Å². The van der Waals surface area contributed by atoms with Crippen molar-refractivity contribution in [2.75, 3.05) is 13.2 Å². The van der Waals surface area contributed by atoms with Gasteiger partial charge in [0, 0.05) is 6.61 Å². The van der Waals surface area contributed by atoms with Crippen molar-refractivity contribution >= 4 is 5.97 Å². The lowest BCUT2D eigenvalue weighted by molar-refractivity contribution is -0.149. The molecule has 1 saturated heterocycles. The molecule has 0 unspecified atom stereocenters. The maximum Gasteiger partial charge on any atom is 0.308 e. The summed E-state index contributed by atoms with van der Waals surface area (Å²) in [6.07, 6.45) is 6.46. The van der Waals surface area contributed by atoms with Crippen molar-refractivity contribution in [3.8, 4) is 0 Å². The minimum Gasteiger partial charge on any atom is -0.465 e. The third-order valence-electron chi connectivity index (χ3n) is 3.26. The first kappa shape index (κ1) is 13.5. The zero-order chi connectivity index (χ0) is 11.8.